The first kappa shape index (κ1) is 18.6. The molecule has 0 aliphatic rings. The molecule has 0 aliphatic heterocycles. The zero-order chi connectivity index (χ0) is 18.1. The molecule has 1 N–H and O–H groups in total. The predicted octanol–water partition coefficient (Wildman–Crippen LogP) is 1.92. The Bertz CT molecular complexity index is 744. The van der Waals surface area contributed by atoms with Gasteiger partial charge >= 0.3 is 0 Å². The summed E-state index contributed by atoms with van der Waals surface area (Å²) >= 11 is 0. The third-order valence-corrected chi connectivity index (χ3v) is 3.54. The lowest BCUT2D eigenvalue weighted by Gasteiger charge is -2.09. The van der Waals surface area contributed by atoms with E-state index in [-0.39, 0.29) is 37.0 Å². The van der Waals surface area contributed by atoms with Crippen LogP contribution in [0.15, 0.2) is 41.5 Å². The van der Waals surface area contributed by atoms with Crippen molar-refractivity contribution in [1.29, 1.82) is 0 Å². The molecule has 134 valence electrons. The molecule has 0 aliphatic carbocycles. The summed E-state index contributed by atoms with van der Waals surface area (Å²) in [5, 5.41) is 2.66. The number of unbranched alkanes of at least 4 members (excludes halogenated alkanes) is 1. The number of ether oxygens (including phenoxy) is 1. The first-order valence-corrected chi connectivity index (χ1v) is 8.29. The zero-order valence-electron chi connectivity index (χ0n) is 14.2. The number of carbonyl (C=O) groups is 1. The SMILES string of the molecule is CCCCc1cc(=O)n(CC(=O)NCCOc2ccc(F)cc2)cn1. The van der Waals surface area contributed by atoms with Gasteiger partial charge in [0.05, 0.1) is 12.9 Å². The molecule has 0 spiro atoms. The number of aromatic nitrogens is 2. The Morgan fingerprint density at radius 3 is 2.76 bits per heavy atom. The molecule has 0 saturated carbocycles. The molecule has 0 saturated heterocycles. The average Bonchev–Trinajstić information content (AvgIpc) is 2.60. The summed E-state index contributed by atoms with van der Waals surface area (Å²) in [5.41, 5.74) is 0.509. The van der Waals surface area contributed by atoms with Crippen LogP contribution < -0.4 is 15.6 Å². The number of nitrogens with zero attached hydrogens (tertiary/aromatic N) is 2. The highest BCUT2D eigenvalue weighted by molar-refractivity contribution is 5.75. The van der Waals surface area contributed by atoms with E-state index in [1.54, 1.807) is 0 Å². The highest BCUT2D eigenvalue weighted by atomic mass is 19.1. The van der Waals surface area contributed by atoms with Crippen molar-refractivity contribution >= 4 is 5.91 Å². The van der Waals surface area contributed by atoms with Crippen molar-refractivity contribution in [1.82, 2.24) is 14.9 Å². The second kappa shape index (κ2) is 9.56. The number of hydrogen-bond acceptors (Lipinski definition) is 4. The van der Waals surface area contributed by atoms with E-state index < -0.39 is 0 Å². The van der Waals surface area contributed by atoms with Crippen molar-refractivity contribution in [3.63, 3.8) is 0 Å². The Labute approximate surface area is 145 Å². The van der Waals surface area contributed by atoms with Crippen molar-refractivity contribution in [2.75, 3.05) is 13.2 Å². The van der Waals surface area contributed by atoms with Crippen LogP contribution in [0.1, 0.15) is 25.5 Å². The monoisotopic (exact) mass is 347 g/mol. The van der Waals surface area contributed by atoms with Gasteiger partial charge in [-0.05, 0) is 37.1 Å². The molecule has 1 amide bonds. The molecule has 1 aromatic carbocycles. The number of nitrogens with one attached hydrogen (secondary N) is 1. The maximum atomic E-state index is 12.8. The lowest BCUT2D eigenvalue weighted by Crippen LogP contribution is -2.34. The summed E-state index contributed by atoms with van der Waals surface area (Å²) in [6, 6.07) is 7.11. The maximum Gasteiger partial charge on any atom is 0.253 e. The van der Waals surface area contributed by atoms with Gasteiger partial charge in [-0.3, -0.25) is 14.2 Å². The summed E-state index contributed by atoms with van der Waals surface area (Å²) in [4.78, 5) is 28.0. The molecule has 0 radical (unpaired) electrons. The van der Waals surface area contributed by atoms with E-state index in [0.29, 0.717) is 5.75 Å². The fourth-order valence-corrected chi connectivity index (χ4v) is 2.18. The van der Waals surface area contributed by atoms with Gasteiger partial charge in [-0.15, -0.1) is 0 Å². The molecule has 0 unspecified atom stereocenters. The number of carbonyl (C=O) groups excluding carboxylic acids is 1. The van der Waals surface area contributed by atoms with Crippen molar-refractivity contribution in [3.8, 4) is 5.75 Å². The first-order chi connectivity index (χ1) is 12.1. The average molecular weight is 347 g/mol. The smallest absolute Gasteiger partial charge is 0.253 e. The van der Waals surface area contributed by atoms with Gasteiger partial charge in [0, 0.05) is 11.8 Å². The third kappa shape index (κ3) is 6.37. The fraction of sp³-hybridized carbons (Fsp3) is 0.389. The number of halogens is 1. The summed E-state index contributed by atoms with van der Waals surface area (Å²) in [6.45, 7) is 2.52. The van der Waals surface area contributed by atoms with E-state index in [2.05, 4.69) is 17.2 Å². The first-order valence-electron chi connectivity index (χ1n) is 8.29. The number of aryl methyl sites for hydroxylation is 1. The highest BCUT2D eigenvalue weighted by Gasteiger charge is 2.06. The molecule has 25 heavy (non-hydrogen) atoms. The molecule has 0 atom stereocenters. The van der Waals surface area contributed by atoms with Gasteiger partial charge in [0.25, 0.3) is 5.56 Å². The van der Waals surface area contributed by atoms with Crippen LogP contribution in [0.25, 0.3) is 0 Å². The third-order valence-electron chi connectivity index (χ3n) is 3.54. The molecular weight excluding hydrogens is 325 g/mol. The molecule has 0 fully saturated rings. The minimum absolute atomic E-state index is 0.0869. The molecule has 0 bridgehead atoms. The van der Waals surface area contributed by atoms with Gasteiger partial charge < -0.3 is 10.1 Å². The van der Waals surface area contributed by atoms with Crippen LogP contribution in [-0.2, 0) is 17.8 Å². The minimum Gasteiger partial charge on any atom is -0.492 e. The Kier molecular flexibility index (Phi) is 7.13. The van der Waals surface area contributed by atoms with Crippen molar-refractivity contribution < 1.29 is 13.9 Å². The van der Waals surface area contributed by atoms with Gasteiger partial charge in [-0.1, -0.05) is 13.3 Å². The van der Waals surface area contributed by atoms with E-state index in [4.69, 9.17) is 4.74 Å². The van der Waals surface area contributed by atoms with E-state index in [1.807, 2.05) is 0 Å². The van der Waals surface area contributed by atoms with Gasteiger partial charge in [0.1, 0.15) is 24.7 Å². The van der Waals surface area contributed by atoms with Crippen LogP contribution in [0.5, 0.6) is 5.75 Å². The zero-order valence-corrected chi connectivity index (χ0v) is 14.2. The molecule has 6 nitrogen and oxygen atoms in total. The van der Waals surface area contributed by atoms with Crippen molar-refractivity contribution in [2.24, 2.45) is 0 Å². The number of benzene rings is 1. The summed E-state index contributed by atoms with van der Waals surface area (Å²) < 4.78 is 19.4. The summed E-state index contributed by atoms with van der Waals surface area (Å²) in [5.74, 6) is -0.105. The topological polar surface area (TPSA) is 73.2 Å². The van der Waals surface area contributed by atoms with Crippen molar-refractivity contribution in [2.45, 2.75) is 32.7 Å². The van der Waals surface area contributed by atoms with Crippen LogP contribution >= 0.6 is 0 Å². The van der Waals surface area contributed by atoms with Gasteiger partial charge in [-0.25, -0.2) is 9.37 Å². The maximum absolute atomic E-state index is 12.8. The van der Waals surface area contributed by atoms with E-state index >= 15 is 0 Å². The quantitative estimate of drug-likeness (QED) is 0.704. The highest BCUT2D eigenvalue weighted by Crippen LogP contribution is 2.10. The predicted molar refractivity (Wildman–Crippen MR) is 92.0 cm³/mol. The number of hydrogen-bond donors (Lipinski definition) is 1. The summed E-state index contributed by atoms with van der Waals surface area (Å²) in [6.07, 6.45) is 4.18. The molecule has 7 heteroatoms. The van der Waals surface area contributed by atoms with Crippen LogP contribution in [0, 0.1) is 5.82 Å². The second-order valence-electron chi connectivity index (χ2n) is 5.60. The van der Waals surface area contributed by atoms with Crippen molar-refractivity contribution in [3.05, 3.63) is 58.5 Å². The normalized spacial score (nSPS) is 10.5. The largest absolute Gasteiger partial charge is 0.492 e. The Morgan fingerprint density at radius 2 is 2.08 bits per heavy atom. The standard InChI is InChI=1S/C18H22FN3O3/c1-2-3-4-15-11-18(24)22(13-21-15)12-17(23)20-9-10-25-16-7-5-14(19)6-8-16/h5-8,11,13H,2-4,9-10,12H2,1H3,(H,20,23). The van der Waals surface area contributed by atoms with E-state index in [1.165, 1.54) is 41.2 Å². The minimum atomic E-state index is -0.333. The lowest BCUT2D eigenvalue weighted by molar-refractivity contribution is -0.121. The number of rotatable bonds is 9. The van der Waals surface area contributed by atoms with Crippen LogP contribution in [0.3, 0.4) is 0 Å². The number of amides is 1. The fourth-order valence-electron chi connectivity index (χ4n) is 2.18. The van der Waals surface area contributed by atoms with Crippen LogP contribution in [-0.4, -0.2) is 28.6 Å². The molecule has 1 heterocycles. The van der Waals surface area contributed by atoms with Crippen LogP contribution in [0.2, 0.25) is 0 Å². The van der Waals surface area contributed by atoms with E-state index in [9.17, 15) is 14.0 Å². The molecular formula is C18H22FN3O3. The molecule has 1 aromatic heterocycles. The second-order valence-corrected chi connectivity index (χ2v) is 5.60. The van der Waals surface area contributed by atoms with Crippen LogP contribution in [0.4, 0.5) is 4.39 Å². The summed E-state index contributed by atoms with van der Waals surface area (Å²) in [7, 11) is 0. The van der Waals surface area contributed by atoms with Gasteiger partial charge in [-0.2, -0.15) is 0 Å². The lowest BCUT2D eigenvalue weighted by atomic mass is 10.2. The molecule has 2 aromatic rings. The van der Waals surface area contributed by atoms with Gasteiger partial charge in [0.2, 0.25) is 5.91 Å². The molecule has 2 rings (SSSR count). The van der Waals surface area contributed by atoms with E-state index in [0.717, 1.165) is 25.0 Å². The Morgan fingerprint density at radius 1 is 1.32 bits per heavy atom. The Balaban J connectivity index is 1.74. The Hall–Kier alpha value is -2.70. The van der Waals surface area contributed by atoms with Gasteiger partial charge in [0.15, 0.2) is 0 Å².